The second kappa shape index (κ2) is 3.89. The first-order valence-electron chi connectivity index (χ1n) is 4.68. The Bertz CT molecular complexity index is 386. The monoisotopic (exact) mass is 200 g/mol. The molecule has 0 saturated heterocycles. The van der Waals surface area contributed by atoms with Crippen molar-refractivity contribution in [3.8, 4) is 0 Å². The second-order valence-electron chi connectivity index (χ2n) is 2.65. The summed E-state index contributed by atoms with van der Waals surface area (Å²) < 4.78 is 32.4. The molecule has 0 atom stereocenters. The minimum Gasteiger partial charge on any atom is -0.211 e. The van der Waals surface area contributed by atoms with E-state index in [1.807, 2.05) is 0 Å². The molecule has 0 aromatic heterocycles. The van der Waals surface area contributed by atoms with Gasteiger partial charge < -0.3 is 0 Å². The largest absolute Gasteiger partial charge is 0.240 e. The summed E-state index contributed by atoms with van der Waals surface area (Å²) in [5, 5.41) is 0. The zero-order valence-electron chi connectivity index (χ0n) is 8.45. The van der Waals surface area contributed by atoms with E-state index in [1.54, 1.807) is 19.1 Å². The fourth-order valence-electron chi connectivity index (χ4n) is 0.942. The van der Waals surface area contributed by atoms with Crippen LogP contribution >= 0.6 is 0 Å². The number of benzene rings is 1. The highest BCUT2D eigenvalue weighted by atomic mass is 32.2. The van der Waals surface area contributed by atoms with Crippen LogP contribution in [0.5, 0.6) is 0 Å². The fraction of sp³-hybridized carbons (Fsp3) is 0.333. The number of rotatable bonds is 3. The first-order chi connectivity index (χ1) is 6.60. The third-order valence-electron chi connectivity index (χ3n) is 1.57. The smallest absolute Gasteiger partial charge is 0.211 e. The van der Waals surface area contributed by atoms with E-state index in [0.717, 1.165) is 5.56 Å². The highest BCUT2D eigenvalue weighted by Gasteiger charge is 2.10. The molecular weight excluding hydrogens is 186 g/mol. The maximum absolute atomic E-state index is 11.5. The third kappa shape index (κ3) is 2.54. The zero-order valence-corrected chi connectivity index (χ0v) is 8.26. The number of hydrogen-bond acceptors (Lipinski definition) is 2. The molecule has 0 bridgehead atoms. The summed E-state index contributed by atoms with van der Waals surface area (Å²) in [6.07, 6.45) is 0. The van der Waals surface area contributed by atoms with E-state index in [2.05, 4.69) is 4.72 Å². The molecule has 0 aliphatic carbocycles. The minimum absolute atomic E-state index is 0.168. The number of nitrogens with one attached hydrogen (secondary N) is 1. The Labute approximate surface area is 80.2 Å². The molecule has 72 valence electrons. The molecule has 1 aromatic rings. The molecule has 0 aliphatic heterocycles. The Morgan fingerprint density at radius 3 is 2.46 bits per heavy atom. The predicted molar refractivity (Wildman–Crippen MR) is 52.0 cm³/mol. The Hall–Kier alpha value is -0.870. The molecule has 1 N–H and O–H groups in total. The van der Waals surface area contributed by atoms with Gasteiger partial charge in [-0.1, -0.05) is 24.6 Å². The van der Waals surface area contributed by atoms with E-state index in [4.69, 9.17) is 1.37 Å². The summed E-state index contributed by atoms with van der Waals surface area (Å²) in [6, 6.07) is 6.33. The Morgan fingerprint density at radius 2 is 2.00 bits per heavy atom. The quantitative estimate of drug-likeness (QED) is 0.799. The summed E-state index contributed by atoms with van der Waals surface area (Å²) in [6.45, 7) is 2.28. The molecule has 4 heteroatoms. The van der Waals surface area contributed by atoms with Crippen LogP contribution in [0.25, 0.3) is 0 Å². The highest BCUT2D eigenvalue weighted by Crippen LogP contribution is 2.09. The third-order valence-corrected chi connectivity index (χ3v) is 3.13. The number of sulfonamides is 1. The standard InChI is InChI=1S/C9H13NO2S/c1-3-10-13(11,12)9-6-4-8(2)5-7-9/h4-7,10H,3H2,1-2H3/i2D. The van der Waals surface area contributed by atoms with Crippen molar-refractivity contribution in [2.24, 2.45) is 0 Å². The normalized spacial score (nSPS) is 12.5. The molecule has 0 unspecified atom stereocenters. The van der Waals surface area contributed by atoms with Gasteiger partial charge in [0.05, 0.1) is 4.90 Å². The molecule has 13 heavy (non-hydrogen) atoms. The van der Waals surface area contributed by atoms with E-state index in [1.165, 1.54) is 12.1 Å². The molecule has 3 nitrogen and oxygen atoms in total. The fourth-order valence-corrected chi connectivity index (χ4v) is 1.98. The van der Waals surface area contributed by atoms with Crippen molar-refractivity contribution in [3.63, 3.8) is 0 Å². The van der Waals surface area contributed by atoms with Gasteiger partial charge in [-0.25, -0.2) is 13.1 Å². The average molecular weight is 200 g/mol. The minimum atomic E-state index is -3.35. The van der Waals surface area contributed by atoms with Gasteiger partial charge in [0.25, 0.3) is 0 Å². The summed E-state index contributed by atoms with van der Waals surface area (Å²) in [5.41, 5.74) is 0.806. The van der Waals surface area contributed by atoms with Crippen molar-refractivity contribution in [2.45, 2.75) is 18.7 Å². The Kier molecular flexibility index (Phi) is 2.61. The summed E-state index contributed by atoms with van der Waals surface area (Å²) >= 11 is 0. The van der Waals surface area contributed by atoms with Gasteiger partial charge in [-0.3, -0.25) is 0 Å². The lowest BCUT2D eigenvalue weighted by Gasteiger charge is -2.03. The van der Waals surface area contributed by atoms with Gasteiger partial charge in [-0.2, -0.15) is 0 Å². The van der Waals surface area contributed by atoms with Crippen LogP contribution in [0.3, 0.4) is 0 Å². The highest BCUT2D eigenvalue weighted by molar-refractivity contribution is 7.89. The van der Waals surface area contributed by atoms with Crippen molar-refractivity contribution < 1.29 is 9.79 Å². The van der Waals surface area contributed by atoms with Crippen LogP contribution in [0.15, 0.2) is 29.2 Å². The number of hydrogen-bond donors (Lipinski definition) is 1. The van der Waals surface area contributed by atoms with Gasteiger partial charge in [0.1, 0.15) is 0 Å². The van der Waals surface area contributed by atoms with E-state index < -0.39 is 10.0 Å². The van der Waals surface area contributed by atoms with Crippen LogP contribution in [0, 0.1) is 6.90 Å². The molecule has 0 fully saturated rings. The van der Waals surface area contributed by atoms with Crippen LogP contribution in [-0.4, -0.2) is 15.0 Å². The predicted octanol–water partition coefficient (Wildman–Crippen LogP) is 1.29. The molecule has 0 heterocycles. The van der Waals surface area contributed by atoms with Crippen LogP contribution < -0.4 is 4.72 Å². The van der Waals surface area contributed by atoms with Crippen molar-refractivity contribution in [2.75, 3.05) is 6.54 Å². The molecule has 0 amide bonds. The van der Waals surface area contributed by atoms with E-state index in [-0.39, 0.29) is 11.8 Å². The SMILES string of the molecule is [2H]Cc1ccc(S(=O)(=O)NCC)cc1. The summed E-state index contributed by atoms with van der Waals surface area (Å²) in [4.78, 5) is 0.247. The van der Waals surface area contributed by atoms with Gasteiger partial charge in [0, 0.05) is 7.92 Å². The van der Waals surface area contributed by atoms with Crippen molar-refractivity contribution in [1.29, 1.82) is 0 Å². The van der Waals surface area contributed by atoms with Gasteiger partial charge in [-0.15, -0.1) is 0 Å². The van der Waals surface area contributed by atoms with Gasteiger partial charge in [0.15, 0.2) is 0 Å². The topological polar surface area (TPSA) is 46.2 Å². The Morgan fingerprint density at radius 1 is 1.38 bits per heavy atom. The molecule has 0 spiro atoms. The van der Waals surface area contributed by atoms with Crippen LogP contribution in [0.4, 0.5) is 0 Å². The van der Waals surface area contributed by atoms with E-state index in [9.17, 15) is 8.42 Å². The van der Waals surface area contributed by atoms with Gasteiger partial charge in [0.2, 0.25) is 10.0 Å². The first-order valence-corrected chi connectivity index (χ1v) is 5.46. The summed E-state index contributed by atoms with van der Waals surface area (Å²) in [5.74, 6) is 0. The van der Waals surface area contributed by atoms with Crippen LogP contribution in [0.1, 0.15) is 13.9 Å². The zero-order chi connectivity index (χ0) is 10.6. The van der Waals surface area contributed by atoms with Crippen molar-refractivity contribution >= 4 is 10.0 Å². The van der Waals surface area contributed by atoms with Crippen LogP contribution in [0.2, 0.25) is 0 Å². The molecule has 1 rings (SSSR count). The molecular formula is C9H13NO2S. The van der Waals surface area contributed by atoms with Gasteiger partial charge >= 0.3 is 0 Å². The average Bonchev–Trinajstić information content (AvgIpc) is 2.18. The van der Waals surface area contributed by atoms with Crippen LogP contribution in [-0.2, 0) is 10.0 Å². The molecule has 1 aromatic carbocycles. The van der Waals surface area contributed by atoms with E-state index in [0.29, 0.717) is 6.54 Å². The molecule has 0 aliphatic rings. The maximum atomic E-state index is 11.5. The lowest BCUT2D eigenvalue weighted by molar-refractivity contribution is 0.584. The maximum Gasteiger partial charge on any atom is 0.240 e. The lowest BCUT2D eigenvalue weighted by atomic mass is 10.2. The second-order valence-corrected chi connectivity index (χ2v) is 4.41. The number of aryl methyl sites for hydroxylation is 1. The summed E-state index contributed by atoms with van der Waals surface area (Å²) in [7, 11) is -3.35. The van der Waals surface area contributed by atoms with Gasteiger partial charge in [-0.05, 0) is 19.0 Å². The Balaban J connectivity index is 2.97. The molecule has 0 saturated carbocycles. The van der Waals surface area contributed by atoms with E-state index >= 15 is 0 Å². The van der Waals surface area contributed by atoms with Crippen molar-refractivity contribution in [1.82, 2.24) is 4.72 Å². The van der Waals surface area contributed by atoms with Crippen molar-refractivity contribution in [3.05, 3.63) is 29.8 Å². The first kappa shape index (κ1) is 8.72. The molecule has 0 radical (unpaired) electrons. The lowest BCUT2D eigenvalue weighted by Crippen LogP contribution is -2.22.